The summed E-state index contributed by atoms with van der Waals surface area (Å²) >= 11 is 0. The molecule has 8 heteroatoms. The fourth-order valence-corrected chi connectivity index (χ4v) is 2.03. The highest BCUT2D eigenvalue weighted by Gasteiger charge is 2.28. The average molecular weight is 294 g/mol. The van der Waals surface area contributed by atoms with Crippen LogP contribution in [0.25, 0.3) is 0 Å². The number of hydrazine groups is 1. The minimum Gasteiger partial charge on any atom is -0.335 e. The van der Waals surface area contributed by atoms with Crippen LogP contribution in [0.3, 0.4) is 0 Å². The molecule has 0 aromatic heterocycles. The smallest absolute Gasteiger partial charge is 0.265 e. The third-order valence-electron chi connectivity index (χ3n) is 3.28. The van der Waals surface area contributed by atoms with Gasteiger partial charge < -0.3 is 9.80 Å². The van der Waals surface area contributed by atoms with Crippen LogP contribution in [0, 0.1) is 5.82 Å². The first-order chi connectivity index (χ1) is 9.92. The molecule has 0 spiro atoms. The third-order valence-corrected chi connectivity index (χ3v) is 3.28. The molecule has 1 heterocycles. The zero-order valence-corrected chi connectivity index (χ0v) is 11.4. The molecule has 0 atom stereocenters. The van der Waals surface area contributed by atoms with Gasteiger partial charge in [0.15, 0.2) is 0 Å². The van der Waals surface area contributed by atoms with Gasteiger partial charge >= 0.3 is 0 Å². The molecule has 3 N–H and O–H groups in total. The summed E-state index contributed by atoms with van der Waals surface area (Å²) in [5.74, 6) is 3.42. The minimum atomic E-state index is -0.558. The molecule has 1 aliphatic heterocycles. The Morgan fingerprint density at radius 3 is 2.71 bits per heavy atom. The monoisotopic (exact) mass is 294 g/mol. The number of carbonyl (C=O) groups excluding carboxylic acids is 3. The van der Waals surface area contributed by atoms with Crippen LogP contribution in [0.4, 0.5) is 4.39 Å². The zero-order chi connectivity index (χ0) is 15.6. The first-order valence-electron chi connectivity index (χ1n) is 6.23. The molecular weight excluding hydrogens is 279 g/mol. The molecule has 3 amide bonds. The topological polar surface area (TPSA) is 95.7 Å². The lowest BCUT2D eigenvalue weighted by atomic mass is 10.1. The van der Waals surface area contributed by atoms with Gasteiger partial charge in [-0.25, -0.2) is 10.2 Å². The molecule has 1 aromatic rings. The van der Waals surface area contributed by atoms with Crippen LogP contribution in [-0.2, 0) is 16.1 Å². The van der Waals surface area contributed by atoms with E-state index in [2.05, 4.69) is 0 Å². The van der Waals surface area contributed by atoms with E-state index >= 15 is 0 Å². The number of nitrogen functional groups attached to an aromatic ring is 1. The van der Waals surface area contributed by atoms with Gasteiger partial charge in [-0.2, -0.15) is 0 Å². The molecule has 0 bridgehead atoms. The van der Waals surface area contributed by atoms with Crippen LogP contribution in [0.5, 0.6) is 0 Å². The minimum absolute atomic E-state index is 0.0383. The SMILES string of the molecule is CN1CC(=O)N(Cc2cc(C(=O)NN)ccc2F)CC1=O. The molecule has 0 saturated carbocycles. The molecule has 21 heavy (non-hydrogen) atoms. The highest BCUT2D eigenvalue weighted by molar-refractivity contribution is 5.94. The summed E-state index contributed by atoms with van der Waals surface area (Å²) in [7, 11) is 1.53. The van der Waals surface area contributed by atoms with Crippen LogP contribution in [0.15, 0.2) is 18.2 Å². The van der Waals surface area contributed by atoms with Gasteiger partial charge in [-0.15, -0.1) is 0 Å². The van der Waals surface area contributed by atoms with Crippen molar-refractivity contribution in [3.05, 3.63) is 35.1 Å². The van der Waals surface area contributed by atoms with Crippen molar-refractivity contribution in [2.45, 2.75) is 6.54 Å². The van der Waals surface area contributed by atoms with Crippen LogP contribution >= 0.6 is 0 Å². The first kappa shape index (κ1) is 14.9. The molecule has 0 unspecified atom stereocenters. The molecule has 1 fully saturated rings. The van der Waals surface area contributed by atoms with Crippen molar-refractivity contribution in [2.24, 2.45) is 5.84 Å². The van der Waals surface area contributed by atoms with Crippen molar-refractivity contribution in [2.75, 3.05) is 20.1 Å². The van der Waals surface area contributed by atoms with Gasteiger partial charge in [0.05, 0.1) is 6.54 Å². The van der Waals surface area contributed by atoms with Gasteiger partial charge in [-0.1, -0.05) is 0 Å². The Labute approximate surface area is 120 Å². The van der Waals surface area contributed by atoms with Crippen LogP contribution in [-0.4, -0.2) is 47.7 Å². The second kappa shape index (κ2) is 5.88. The first-order valence-corrected chi connectivity index (χ1v) is 6.23. The second-order valence-electron chi connectivity index (χ2n) is 4.78. The number of hydrogen-bond acceptors (Lipinski definition) is 4. The van der Waals surface area contributed by atoms with Crippen LogP contribution < -0.4 is 11.3 Å². The van der Waals surface area contributed by atoms with Gasteiger partial charge in [-0.05, 0) is 18.2 Å². The number of nitrogens with two attached hydrogens (primary N) is 1. The van der Waals surface area contributed by atoms with E-state index in [0.717, 1.165) is 6.07 Å². The van der Waals surface area contributed by atoms with Gasteiger partial charge in [-0.3, -0.25) is 19.8 Å². The van der Waals surface area contributed by atoms with E-state index in [9.17, 15) is 18.8 Å². The summed E-state index contributed by atoms with van der Waals surface area (Å²) in [5.41, 5.74) is 2.29. The third kappa shape index (κ3) is 3.16. The highest BCUT2D eigenvalue weighted by atomic mass is 19.1. The quantitative estimate of drug-likeness (QED) is 0.435. The predicted octanol–water partition coefficient (Wildman–Crippen LogP) is -0.770. The lowest BCUT2D eigenvalue weighted by Crippen LogP contribution is -2.51. The second-order valence-corrected chi connectivity index (χ2v) is 4.78. The van der Waals surface area contributed by atoms with E-state index in [0.29, 0.717) is 0 Å². The predicted molar refractivity (Wildman–Crippen MR) is 71.1 cm³/mol. The maximum atomic E-state index is 13.8. The summed E-state index contributed by atoms with van der Waals surface area (Å²) in [6.07, 6.45) is 0. The van der Waals surface area contributed by atoms with Crippen molar-refractivity contribution in [1.82, 2.24) is 15.2 Å². The van der Waals surface area contributed by atoms with E-state index in [1.54, 1.807) is 0 Å². The summed E-state index contributed by atoms with van der Waals surface area (Å²) in [4.78, 5) is 37.5. The summed E-state index contributed by atoms with van der Waals surface area (Å²) < 4.78 is 13.8. The maximum Gasteiger partial charge on any atom is 0.265 e. The Morgan fingerprint density at radius 2 is 2.05 bits per heavy atom. The van der Waals surface area contributed by atoms with Crippen LogP contribution in [0.2, 0.25) is 0 Å². The molecular formula is C13H15FN4O3. The summed E-state index contributed by atoms with van der Waals surface area (Å²) in [6, 6.07) is 3.73. The maximum absolute atomic E-state index is 13.8. The Kier molecular flexibility index (Phi) is 4.18. The molecule has 1 aliphatic rings. The molecule has 0 radical (unpaired) electrons. The lowest BCUT2D eigenvalue weighted by molar-refractivity contribution is -0.149. The number of likely N-dealkylation sites (N-methyl/N-ethyl adjacent to an activating group) is 1. The number of nitrogens with one attached hydrogen (secondary N) is 1. The summed E-state index contributed by atoms with van der Waals surface area (Å²) in [5, 5.41) is 0. The van der Waals surface area contributed by atoms with E-state index in [1.165, 1.54) is 29.0 Å². The summed E-state index contributed by atoms with van der Waals surface area (Å²) in [6.45, 7) is -0.221. The average Bonchev–Trinajstić information content (AvgIpc) is 2.46. The Hall–Kier alpha value is -2.48. The van der Waals surface area contributed by atoms with Gasteiger partial charge in [0.25, 0.3) is 5.91 Å². The van der Waals surface area contributed by atoms with Crippen molar-refractivity contribution >= 4 is 17.7 Å². The van der Waals surface area contributed by atoms with Crippen molar-refractivity contribution in [3.63, 3.8) is 0 Å². The van der Waals surface area contributed by atoms with E-state index in [1.807, 2.05) is 5.43 Å². The number of carbonyl (C=O) groups is 3. The van der Waals surface area contributed by atoms with Gasteiger partial charge in [0.1, 0.15) is 12.4 Å². The number of nitrogens with zero attached hydrogens (tertiary/aromatic N) is 2. The van der Waals surface area contributed by atoms with Crippen LogP contribution in [0.1, 0.15) is 15.9 Å². The van der Waals surface area contributed by atoms with Crippen molar-refractivity contribution in [1.29, 1.82) is 0 Å². The Morgan fingerprint density at radius 1 is 1.33 bits per heavy atom. The molecule has 1 saturated heterocycles. The normalized spacial score (nSPS) is 15.4. The van der Waals surface area contributed by atoms with E-state index in [4.69, 9.17) is 5.84 Å². The standard InChI is InChI=1S/C13H15FN4O3/c1-17-6-12(20)18(7-11(17)19)5-9-4-8(13(21)16-15)2-3-10(9)14/h2-4H,5-7,15H2,1H3,(H,16,21). The zero-order valence-electron chi connectivity index (χ0n) is 11.4. The lowest BCUT2D eigenvalue weighted by Gasteiger charge is -2.31. The number of benzene rings is 1. The van der Waals surface area contributed by atoms with Gasteiger partial charge in [0, 0.05) is 24.7 Å². The van der Waals surface area contributed by atoms with E-state index < -0.39 is 11.7 Å². The van der Waals surface area contributed by atoms with Crippen molar-refractivity contribution in [3.8, 4) is 0 Å². The highest BCUT2D eigenvalue weighted by Crippen LogP contribution is 2.15. The fourth-order valence-electron chi connectivity index (χ4n) is 2.03. The number of amides is 3. The molecule has 2 rings (SSSR count). The number of rotatable bonds is 3. The largest absolute Gasteiger partial charge is 0.335 e. The van der Waals surface area contributed by atoms with Crippen molar-refractivity contribution < 1.29 is 18.8 Å². The number of piperazine rings is 1. The number of hydrogen-bond donors (Lipinski definition) is 2. The van der Waals surface area contributed by atoms with E-state index in [-0.39, 0.29) is 42.6 Å². The Bertz CT molecular complexity index is 605. The molecule has 7 nitrogen and oxygen atoms in total. The molecule has 0 aliphatic carbocycles. The molecule has 1 aromatic carbocycles. The molecule has 112 valence electrons. The van der Waals surface area contributed by atoms with Gasteiger partial charge in [0.2, 0.25) is 11.8 Å². The fraction of sp³-hybridized carbons (Fsp3) is 0.308. The number of halogens is 1. The Balaban J connectivity index is 2.21.